The third-order valence-corrected chi connectivity index (χ3v) is 4.35. The largest absolute Gasteiger partial charge is 0.496 e. The molecule has 1 aliphatic heterocycles. The highest BCUT2D eigenvalue weighted by atomic mass is 16.5. The smallest absolute Gasteiger partial charge is 0.122 e. The fourth-order valence-corrected chi connectivity index (χ4v) is 3.11. The van der Waals surface area contributed by atoms with Crippen molar-refractivity contribution in [3.8, 4) is 5.75 Å². The van der Waals surface area contributed by atoms with Gasteiger partial charge in [-0.05, 0) is 49.6 Å². The fraction of sp³-hybridized carbons (Fsp3) is 0.647. The molecule has 0 spiro atoms. The Kier molecular flexibility index (Phi) is 5.25. The number of aliphatic hydroxyl groups excluding tert-OH is 1. The van der Waals surface area contributed by atoms with Crippen molar-refractivity contribution >= 4 is 0 Å². The zero-order valence-electron chi connectivity index (χ0n) is 13.4. The first-order valence-corrected chi connectivity index (χ1v) is 7.59. The quantitative estimate of drug-likeness (QED) is 0.907. The van der Waals surface area contributed by atoms with E-state index in [2.05, 4.69) is 0 Å². The number of benzene rings is 1. The molecule has 1 fully saturated rings. The van der Waals surface area contributed by atoms with Crippen molar-refractivity contribution in [1.29, 1.82) is 0 Å². The molecule has 1 atom stereocenters. The molecule has 0 saturated carbocycles. The zero-order chi connectivity index (χ0) is 15.5. The van der Waals surface area contributed by atoms with Gasteiger partial charge in [-0.1, -0.05) is 0 Å². The van der Waals surface area contributed by atoms with Crippen molar-refractivity contribution in [3.05, 3.63) is 28.8 Å². The van der Waals surface area contributed by atoms with Crippen LogP contribution in [0.3, 0.4) is 0 Å². The van der Waals surface area contributed by atoms with Crippen molar-refractivity contribution in [2.75, 3.05) is 26.9 Å². The molecule has 2 rings (SSSR count). The summed E-state index contributed by atoms with van der Waals surface area (Å²) in [6, 6.07) is 3.99. The van der Waals surface area contributed by atoms with Crippen molar-refractivity contribution in [3.63, 3.8) is 0 Å². The Morgan fingerprint density at radius 2 is 1.90 bits per heavy atom. The molecule has 0 aromatic heterocycles. The number of ether oxygens (including phenoxy) is 3. The summed E-state index contributed by atoms with van der Waals surface area (Å²) in [5, 5.41) is 11.0. The second-order valence-corrected chi connectivity index (χ2v) is 5.69. The Labute approximate surface area is 127 Å². The summed E-state index contributed by atoms with van der Waals surface area (Å²) in [6.45, 7) is 7.81. The van der Waals surface area contributed by atoms with Crippen molar-refractivity contribution in [2.24, 2.45) is 0 Å². The highest BCUT2D eigenvalue weighted by Gasteiger charge is 2.41. The van der Waals surface area contributed by atoms with Crippen LogP contribution < -0.4 is 4.74 Å². The van der Waals surface area contributed by atoms with Gasteiger partial charge in [-0.3, -0.25) is 0 Å². The van der Waals surface area contributed by atoms with E-state index in [1.165, 1.54) is 0 Å². The summed E-state index contributed by atoms with van der Waals surface area (Å²) in [4.78, 5) is 0. The van der Waals surface area contributed by atoms with E-state index in [4.69, 9.17) is 14.2 Å². The van der Waals surface area contributed by atoms with Gasteiger partial charge in [0.25, 0.3) is 0 Å². The fourth-order valence-electron chi connectivity index (χ4n) is 3.11. The number of rotatable bonds is 5. The molecule has 1 aromatic carbocycles. The highest BCUT2D eigenvalue weighted by Crippen LogP contribution is 2.40. The van der Waals surface area contributed by atoms with Gasteiger partial charge >= 0.3 is 0 Å². The number of hydrogen-bond donors (Lipinski definition) is 1. The molecule has 4 heteroatoms. The third kappa shape index (κ3) is 3.23. The van der Waals surface area contributed by atoms with Gasteiger partial charge in [0, 0.05) is 32.7 Å². The van der Waals surface area contributed by atoms with Gasteiger partial charge < -0.3 is 19.3 Å². The first-order chi connectivity index (χ1) is 10.0. The van der Waals surface area contributed by atoms with E-state index in [0.29, 0.717) is 32.7 Å². The maximum atomic E-state index is 11.0. The minimum Gasteiger partial charge on any atom is -0.496 e. The van der Waals surface area contributed by atoms with Crippen molar-refractivity contribution < 1.29 is 19.3 Å². The molecule has 1 N–H and O–H groups in total. The molecule has 1 aliphatic rings. The molecule has 1 unspecified atom stereocenters. The Bertz CT molecular complexity index is 472. The predicted octanol–water partition coefficient (Wildman–Crippen LogP) is 2.93. The number of methoxy groups -OCH3 is 1. The second kappa shape index (κ2) is 6.77. The lowest BCUT2D eigenvalue weighted by molar-refractivity contribution is -0.168. The van der Waals surface area contributed by atoms with E-state index in [9.17, 15) is 5.11 Å². The molecule has 4 nitrogen and oxygen atoms in total. The maximum Gasteiger partial charge on any atom is 0.122 e. The molecule has 1 heterocycles. The lowest BCUT2D eigenvalue weighted by Crippen LogP contribution is -2.45. The number of aryl methyl sites for hydroxylation is 2. The van der Waals surface area contributed by atoms with Gasteiger partial charge in [-0.25, -0.2) is 0 Å². The lowest BCUT2D eigenvalue weighted by atomic mass is 9.82. The van der Waals surface area contributed by atoms with Crippen LogP contribution in [-0.2, 0) is 9.47 Å². The molecule has 21 heavy (non-hydrogen) atoms. The molecular formula is C17H26O4. The van der Waals surface area contributed by atoms with E-state index >= 15 is 0 Å². The van der Waals surface area contributed by atoms with E-state index in [-0.39, 0.29) is 0 Å². The summed E-state index contributed by atoms with van der Waals surface area (Å²) in [5.41, 5.74) is 2.42. The maximum absolute atomic E-state index is 11.0. The van der Waals surface area contributed by atoms with Crippen LogP contribution in [0, 0.1) is 13.8 Å². The standard InChI is InChI=1S/C17H26O4/c1-5-21-17(6-8-20-9-7-17)16(18)14-10-13(3)15(19-4)11-12(14)2/h10-11,16,18H,5-9H2,1-4H3. The van der Waals surface area contributed by atoms with Crippen LogP contribution in [0.5, 0.6) is 5.75 Å². The molecule has 0 aliphatic carbocycles. The average Bonchev–Trinajstić information content (AvgIpc) is 2.49. The third-order valence-electron chi connectivity index (χ3n) is 4.35. The molecule has 1 aromatic rings. The van der Waals surface area contributed by atoms with Crippen LogP contribution in [0.15, 0.2) is 12.1 Å². The van der Waals surface area contributed by atoms with Crippen LogP contribution in [0.1, 0.15) is 42.6 Å². The predicted molar refractivity (Wildman–Crippen MR) is 81.8 cm³/mol. The SMILES string of the molecule is CCOC1(C(O)c2cc(C)c(OC)cc2C)CCOCC1. The van der Waals surface area contributed by atoms with Gasteiger partial charge in [0.05, 0.1) is 7.11 Å². The van der Waals surface area contributed by atoms with Crippen LogP contribution in [-0.4, -0.2) is 37.6 Å². The first-order valence-electron chi connectivity index (χ1n) is 7.59. The Morgan fingerprint density at radius 1 is 1.24 bits per heavy atom. The Hall–Kier alpha value is -1.10. The van der Waals surface area contributed by atoms with Gasteiger partial charge in [0.1, 0.15) is 17.5 Å². The number of aliphatic hydroxyl groups is 1. The summed E-state index contributed by atoms with van der Waals surface area (Å²) in [5.74, 6) is 0.848. The van der Waals surface area contributed by atoms with Gasteiger partial charge in [-0.15, -0.1) is 0 Å². The lowest BCUT2D eigenvalue weighted by Gasteiger charge is -2.41. The van der Waals surface area contributed by atoms with Gasteiger partial charge in [0.2, 0.25) is 0 Å². The summed E-state index contributed by atoms with van der Waals surface area (Å²) < 4.78 is 16.8. The van der Waals surface area contributed by atoms with Crippen molar-refractivity contribution in [2.45, 2.75) is 45.3 Å². The van der Waals surface area contributed by atoms with E-state index in [0.717, 1.165) is 22.4 Å². The van der Waals surface area contributed by atoms with Crippen LogP contribution in [0.2, 0.25) is 0 Å². The van der Waals surface area contributed by atoms with E-state index in [1.54, 1.807) is 7.11 Å². The zero-order valence-corrected chi connectivity index (χ0v) is 13.4. The summed E-state index contributed by atoms with van der Waals surface area (Å²) >= 11 is 0. The average molecular weight is 294 g/mol. The van der Waals surface area contributed by atoms with E-state index in [1.807, 2.05) is 32.9 Å². The summed E-state index contributed by atoms with van der Waals surface area (Å²) in [7, 11) is 1.66. The Morgan fingerprint density at radius 3 is 2.48 bits per heavy atom. The topological polar surface area (TPSA) is 47.9 Å². The highest BCUT2D eigenvalue weighted by molar-refractivity contribution is 5.43. The molecule has 1 saturated heterocycles. The second-order valence-electron chi connectivity index (χ2n) is 5.69. The molecular weight excluding hydrogens is 268 g/mol. The molecule has 0 bridgehead atoms. The van der Waals surface area contributed by atoms with E-state index < -0.39 is 11.7 Å². The minimum atomic E-state index is -0.647. The van der Waals surface area contributed by atoms with Crippen LogP contribution in [0.4, 0.5) is 0 Å². The molecule has 0 amide bonds. The van der Waals surface area contributed by atoms with Crippen molar-refractivity contribution in [1.82, 2.24) is 0 Å². The van der Waals surface area contributed by atoms with Gasteiger partial charge in [0.15, 0.2) is 0 Å². The first kappa shape index (κ1) is 16.3. The van der Waals surface area contributed by atoms with Crippen LogP contribution >= 0.6 is 0 Å². The molecule has 0 radical (unpaired) electrons. The number of hydrogen-bond acceptors (Lipinski definition) is 4. The van der Waals surface area contributed by atoms with Crippen LogP contribution in [0.25, 0.3) is 0 Å². The molecule has 118 valence electrons. The monoisotopic (exact) mass is 294 g/mol. The van der Waals surface area contributed by atoms with Gasteiger partial charge in [-0.2, -0.15) is 0 Å². The summed E-state index contributed by atoms with van der Waals surface area (Å²) in [6.07, 6.45) is 0.782. The minimum absolute atomic E-state index is 0.543. The normalized spacial score (nSPS) is 19.3. The Balaban J connectivity index is 2.36.